The van der Waals surface area contributed by atoms with E-state index < -0.39 is 19.7 Å². The summed E-state index contributed by atoms with van der Waals surface area (Å²) in [4.78, 5) is 1.95. The first-order valence-corrected chi connectivity index (χ1v) is 10.2. The minimum absolute atomic E-state index is 0.0200. The van der Waals surface area contributed by atoms with Gasteiger partial charge in [0.25, 0.3) is 0 Å². The zero-order valence-electron chi connectivity index (χ0n) is 12.3. The van der Waals surface area contributed by atoms with Crippen LogP contribution < -0.4 is 5.73 Å². The van der Waals surface area contributed by atoms with Gasteiger partial charge in [-0.25, -0.2) is 16.8 Å². The summed E-state index contributed by atoms with van der Waals surface area (Å²) in [6.07, 6.45) is 1.16. The first-order valence-electron chi connectivity index (χ1n) is 6.52. The monoisotopic (exact) mass is 334 g/mol. The summed E-state index contributed by atoms with van der Waals surface area (Å²) < 4.78 is 46.6. The Labute approximate surface area is 126 Å². The lowest BCUT2D eigenvalue weighted by molar-refractivity contribution is 0.374. The maximum atomic E-state index is 12.2. The van der Waals surface area contributed by atoms with E-state index >= 15 is 0 Å². The fourth-order valence-corrected chi connectivity index (χ4v) is 3.74. The lowest BCUT2D eigenvalue weighted by Gasteiger charge is -2.16. The van der Waals surface area contributed by atoms with Crippen LogP contribution in [-0.4, -0.2) is 59.6 Å². The first kappa shape index (κ1) is 18.1. The minimum Gasteiger partial charge on any atom is -0.326 e. The molecular weight excluding hydrogens is 312 g/mol. The predicted molar refractivity (Wildman–Crippen MR) is 83.6 cm³/mol. The largest absolute Gasteiger partial charge is 0.326 e. The second-order valence-electron chi connectivity index (χ2n) is 5.10. The third-order valence-corrected chi connectivity index (χ3v) is 5.70. The number of benzene rings is 1. The van der Waals surface area contributed by atoms with Crippen molar-refractivity contribution in [2.75, 3.05) is 37.9 Å². The highest BCUT2D eigenvalue weighted by Gasteiger charge is 2.16. The average molecular weight is 334 g/mol. The van der Waals surface area contributed by atoms with Crippen LogP contribution in [0.3, 0.4) is 0 Å². The summed E-state index contributed by atoms with van der Waals surface area (Å²) in [5.41, 5.74) is 6.27. The van der Waals surface area contributed by atoms with Crippen molar-refractivity contribution in [1.29, 1.82) is 0 Å². The van der Waals surface area contributed by atoms with Gasteiger partial charge < -0.3 is 10.6 Å². The average Bonchev–Trinajstić information content (AvgIpc) is 2.42. The smallest absolute Gasteiger partial charge is 0.179 e. The summed E-state index contributed by atoms with van der Waals surface area (Å²) >= 11 is 0. The van der Waals surface area contributed by atoms with Crippen molar-refractivity contribution >= 4 is 19.7 Å². The molecule has 0 aromatic heterocycles. The van der Waals surface area contributed by atoms with Gasteiger partial charge in [-0.05, 0) is 24.7 Å². The number of hydrogen-bond acceptors (Lipinski definition) is 6. The van der Waals surface area contributed by atoms with E-state index in [0.29, 0.717) is 6.54 Å². The SMILES string of the molecule is CN(CCS(C)(=O)=O)CCS(=O)(=O)c1cccc(CN)c1. The topological polar surface area (TPSA) is 97.5 Å². The van der Waals surface area contributed by atoms with Crippen molar-refractivity contribution in [1.82, 2.24) is 4.90 Å². The molecule has 0 fully saturated rings. The molecule has 120 valence electrons. The van der Waals surface area contributed by atoms with Crippen LogP contribution >= 0.6 is 0 Å². The molecule has 0 spiro atoms. The van der Waals surface area contributed by atoms with Crippen molar-refractivity contribution in [3.63, 3.8) is 0 Å². The van der Waals surface area contributed by atoms with Crippen molar-refractivity contribution in [3.05, 3.63) is 29.8 Å². The molecule has 1 rings (SSSR count). The lowest BCUT2D eigenvalue weighted by Crippen LogP contribution is -2.30. The van der Waals surface area contributed by atoms with E-state index in [0.717, 1.165) is 11.8 Å². The lowest BCUT2D eigenvalue weighted by atomic mass is 10.2. The van der Waals surface area contributed by atoms with Gasteiger partial charge in [0.1, 0.15) is 9.84 Å². The van der Waals surface area contributed by atoms with E-state index in [4.69, 9.17) is 5.73 Å². The molecule has 0 atom stereocenters. The number of rotatable bonds is 8. The fourth-order valence-electron chi connectivity index (χ4n) is 1.69. The van der Waals surface area contributed by atoms with Crippen LogP contribution in [-0.2, 0) is 26.2 Å². The molecule has 6 nitrogen and oxygen atoms in total. The van der Waals surface area contributed by atoms with Gasteiger partial charge in [0.05, 0.1) is 16.4 Å². The zero-order chi connectivity index (χ0) is 16.1. The third-order valence-electron chi connectivity index (χ3n) is 3.08. The summed E-state index contributed by atoms with van der Waals surface area (Å²) in [5.74, 6) is -0.0342. The number of nitrogens with two attached hydrogens (primary N) is 1. The van der Waals surface area contributed by atoms with Gasteiger partial charge in [0, 0.05) is 25.9 Å². The molecule has 1 aromatic rings. The van der Waals surface area contributed by atoms with E-state index in [1.54, 1.807) is 36.2 Å². The Bertz CT molecular complexity index is 669. The van der Waals surface area contributed by atoms with Crippen molar-refractivity contribution < 1.29 is 16.8 Å². The molecular formula is C13H22N2O4S2. The zero-order valence-corrected chi connectivity index (χ0v) is 14.0. The molecule has 8 heteroatoms. The Morgan fingerprint density at radius 3 is 2.29 bits per heavy atom. The molecule has 0 aliphatic heterocycles. The van der Waals surface area contributed by atoms with E-state index in [1.807, 2.05) is 0 Å². The van der Waals surface area contributed by atoms with E-state index in [2.05, 4.69) is 0 Å². The van der Waals surface area contributed by atoms with E-state index in [9.17, 15) is 16.8 Å². The van der Waals surface area contributed by atoms with Crippen LogP contribution in [0.4, 0.5) is 0 Å². The molecule has 0 radical (unpaired) electrons. The molecule has 0 unspecified atom stereocenters. The highest BCUT2D eigenvalue weighted by Crippen LogP contribution is 2.13. The Balaban J connectivity index is 2.64. The van der Waals surface area contributed by atoms with Gasteiger partial charge in [0.2, 0.25) is 0 Å². The molecule has 0 saturated carbocycles. The van der Waals surface area contributed by atoms with Gasteiger partial charge >= 0.3 is 0 Å². The van der Waals surface area contributed by atoms with Crippen molar-refractivity contribution in [3.8, 4) is 0 Å². The Morgan fingerprint density at radius 1 is 1.10 bits per heavy atom. The van der Waals surface area contributed by atoms with Gasteiger partial charge in [-0.15, -0.1) is 0 Å². The Kier molecular flexibility index (Phi) is 6.33. The van der Waals surface area contributed by atoms with Crippen LogP contribution in [0.25, 0.3) is 0 Å². The standard InChI is InChI=1S/C13H22N2O4S2/c1-15(6-8-20(2,16)17)7-9-21(18,19)13-5-3-4-12(10-13)11-14/h3-5,10H,6-9,11,14H2,1-2H3. The Hall–Kier alpha value is -0.960. The maximum absolute atomic E-state index is 12.2. The third kappa shape index (κ3) is 6.56. The molecule has 21 heavy (non-hydrogen) atoms. The molecule has 0 bridgehead atoms. The summed E-state index contributed by atoms with van der Waals surface area (Å²) in [7, 11) is -4.72. The summed E-state index contributed by atoms with van der Waals surface area (Å²) in [6, 6.07) is 6.57. The van der Waals surface area contributed by atoms with Crippen LogP contribution in [0.5, 0.6) is 0 Å². The van der Waals surface area contributed by atoms with Crippen molar-refractivity contribution in [2.24, 2.45) is 5.73 Å². The minimum atomic E-state index is -3.39. The van der Waals surface area contributed by atoms with Gasteiger partial charge in [-0.2, -0.15) is 0 Å². The molecule has 2 N–H and O–H groups in total. The highest BCUT2D eigenvalue weighted by molar-refractivity contribution is 7.91. The normalized spacial score (nSPS) is 12.8. The molecule has 0 saturated heterocycles. The van der Waals surface area contributed by atoms with Crippen molar-refractivity contribution in [2.45, 2.75) is 11.4 Å². The predicted octanol–water partition coefficient (Wildman–Crippen LogP) is -0.105. The van der Waals surface area contributed by atoms with E-state index in [1.165, 1.54) is 0 Å². The summed E-state index contributed by atoms with van der Waals surface area (Å²) in [5, 5.41) is 0. The van der Waals surface area contributed by atoms with Gasteiger partial charge in [0.15, 0.2) is 9.84 Å². The van der Waals surface area contributed by atoms with Crippen LogP contribution in [0.15, 0.2) is 29.2 Å². The van der Waals surface area contributed by atoms with Gasteiger partial charge in [-0.1, -0.05) is 12.1 Å². The number of sulfone groups is 2. The maximum Gasteiger partial charge on any atom is 0.179 e. The second kappa shape index (κ2) is 7.35. The van der Waals surface area contributed by atoms with E-state index in [-0.39, 0.29) is 29.5 Å². The molecule has 0 aliphatic rings. The molecule has 0 aliphatic carbocycles. The number of hydrogen-bond donors (Lipinski definition) is 1. The molecule has 0 amide bonds. The van der Waals surface area contributed by atoms with Crippen LogP contribution in [0, 0.1) is 0 Å². The first-order chi connectivity index (χ1) is 9.64. The number of nitrogens with zero attached hydrogens (tertiary/aromatic N) is 1. The Morgan fingerprint density at radius 2 is 1.71 bits per heavy atom. The van der Waals surface area contributed by atoms with Crippen LogP contribution in [0.2, 0.25) is 0 Å². The second-order valence-corrected chi connectivity index (χ2v) is 9.47. The van der Waals surface area contributed by atoms with Gasteiger partial charge in [-0.3, -0.25) is 0 Å². The molecule has 1 aromatic carbocycles. The molecule has 0 heterocycles. The fraction of sp³-hybridized carbons (Fsp3) is 0.538. The quantitative estimate of drug-likeness (QED) is 0.713. The summed E-state index contributed by atoms with van der Waals surface area (Å²) in [6.45, 7) is 0.888. The van der Waals surface area contributed by atoms with Crippen LogP contribution in [0.1, 0.15) is 5.56 Å². The highest BCUT2D eigenvalue weighted by atomic mass is 32.2.